The summed E-state index contributed by atoms with van der Waals surface area (Å²) in [5.41, 5.74) is 4.84. The maximum absolute atomic E-state index is 9.57. The zero-order chi connectivity index (χ0) is 5.15. The van der Waals surface area contributed by atoms with Gasteiger partial charge >= 0.3 is 5.97 Å². The van der Waals surface area contributed by atoms with E-state index in [0.717, 1.165) is 0 Å². The van der Waals surface area contributed by atoms with Gasteiger partial charge in [0.25, 0.3) is 0 Å². The van der Waals surface area contributed by atoms with E-state index in [9.17, 15) is 4.79 Å². The van der Waals surface area contributed by atoms with Gasteiger partial charge in [-0.05, 0) is 6.92 Å². The van der Waals surface area contributed by atoms with Gasteiger partial charge in [-0.3, -0.25) is 4.79 Å². The molecule has 0 aliphatic carbocycles. The summed E-state index contributed by atoms with van der Waals surface area (Å²) in [5, 5.41) is 7.87. The fourth-order valence-corrected chi connectivity index (χ4v) is 0. The zero-order valence-corrected chi connectivity index (χ0v) is 5.01. The van der Waals surface area contributed by atoms with Crippen LogP contribution in [-0.4, -0.2) is 17.1 Å². The third-order valence-electron chi connectivity index (χ3n) is 0.390. The third kappa shape index (κ3) is 5.78. The Morgan fingerprint density at radius 2 is 2.00 bits per heavy atom. The molecule has 0 aliphatic rings. The maximum Gasteiger partial charge on any atom is 0.320 e. The highest BCUT2D eigenvalue weighted by molar-refractivity contribution is 7.59. The van der Waals surface area contributed by atoms with Crippen LogP contribution in [-0.2, 0) is 4.79 Å². The molecule has 44 valence electrons. The molecule has 0 aromatic carbocycles. The van der Waals surface area contributed by atoms with Gasteiger partial charge in [-0.1, -0.05) is 0 Å². The minimum absolute atomic E-state index is 0. The fourth-order valence-electron chi connectivity index (χ4n) is 0. The van der Waals surface area contributed by atoms with E-state index in [4.69, 9.17) is 10.8 Å². The monoisotopic (exact) mass is 123 g/mol. The van der Waals surface area contributed by atoms with Crippen molar-refractivity contribution in [3.05, 3.63) is 0 Å². The second-order valence-corrected chi connectivity index (χ2v) is 1.13. The first-order valence-electron chi connectivity index (χ1n) is 1.63. The van der Waals surface area contributed by atoms with Crippen molar-refractivity contribution in [1.82, 2.24) is 0 Å². The number of aliphatic carboxylic acids is 1. The maximum atomic E-state index is 9.57. The summed E-state index contributed by atoms with van der Waals surface area (Å²) in [5.74, 6) is -0.963. The second kappa shape index (κ2) is 3.95. The molecule has 0 aromatic rings. The lowest BCUT2D eigenvalue weighted by Crippen LogP contribution is -2.25. The summed E-state index contributed by atoms with van der Waals surface area (Å²) < 4.78 is 0. The molecular weight excluding hydrogens is 114 g/mol. The van der Waals surface area contributed by atoms with Crippen molar-refractivity contribution in [2.45, 2.75) is 13.0 Å². The Morgan fingerprint density at radius 3 is 2.00 bits per heavy atom. The summed E-state index contributed by atoms with van der Waals surface area (Å²) in [6, 6.07) is -0.731. The van der Waals surface area contributed by atoms with Crippen LogP contribution in [0.1, 0.15) is 6.92 Å². The van der Waals surface area contributed by atoms with Crippen molar-refractivity contribution in [2.24, 2.45) is 5.73 Å². The van der Waals surface area contributed by atoms with Crippen LogP contribution in [0.4, 0.5) is 0 Å². The van der Waals surface area contributed by atoms with Crippen molar-refractivity contribution in [3.63, 3.8) is 0 Å². The highest BCUT2D eigenvalue weighted by atomic mass is 32.1. The van der Waals surface area contributed by atoms with E-state index >= 15 is 0 Å². The Labute approximate surface area is 49.0 Å². The van der Waals surface area contributed by atoms with E-state index in [1.807, 2.05) is 0 Å². The van der Waals surface area contributed by atoms with Crippen molar-refractivity contribution >= 4 is 19.5 Å². The number of carboxylic acid groups (broad SMARTS) is 1. The van der Waals surface area contributed by atoms with Crippen molar-refractivity contribution in [2.75, 3.05) is 0 Å². The van der Waals surface area contributed by atoms with Crippen molar-refractivity contribution in [3.8, 4) is 0 Å². The molecule has 0 saturated carbocycles. The molecule has 0 rings (SSSR count). The SMILES string of the molecule is C[C@H](N)C(=O)O.S. The number of carboxylic acids is 1. The number of carbonyl (C=O) groups is 1. The Morgan fingerprint density at radius 1 is 1.86 bits per heavy atom. The molecule has 3 N–H and O–H groups in total. The summed E-state index contributed by atoms with van der Waals surface area (Å²) in [4.78, 5) is 9.57. The molecule has 0 radical (unpaired) electrons. The fraction of sp³-hybridized carbons (Fsp3) is 0.667. The molecule has 0 aliphatic heterocycles. The largest absolute Gasteiger partial charge is 0.480 e. The summed E-state index contributed by atoms with van der Waals surface area (Å²) in [6.45, 7) is 1.42. The molecule has 0 unspecified atom stereocenters. The number of hydrogen-bond donors (Lipinski definition) is 2. The van der Waals surface area contributed by atoms with Gasteiger partial charge in [-0.25, -0.2) is 0 Å². The van der Waals surface area contributed by atoms with Crippen LogP contribution in [0.3, 0.4) is 0 Å². The lowest BCUT2D eigenvalue weighted by molar-refractivity contribution is -0.138. The molecule has 3 nitrogen and oxygen atoms in total. The van der Waals surface area contributed by atoms with Gasteiger partial charge in [-0.15, -0.1) is 0 Å². The number of hydrogen-bond acceptors (Lipinski definition) is 2. The van der Waals surface area contributed by atoms with Crippen molar-refractivity contribution < 1.29 is 9.90 Å². The average molecular weight is 123 g/mol. The summed E-state index contributed by atoms with van der Waals surface area (Å²) >= 11 is 0. The highest BCUT2D eigenvalue weighted by Gasteiger charge is 1.99. The first-order chi connectivity index (χ1) is 2.64. The van der Waals surface area contributed by atoms with Gasteiger partial charge in [0.15, 0.2) is 0 Å². The molecule has 0 fully saturated rings. The summed E-state index contributed by atoms with van der Waals surface area (Å²) in [7, 11) is 0. The van der Waals surface area contributed by atoms with Crippen LogP contribution in [0.2, 0.25) is 0 Å². The van der Waals surface area contributed by atoms with E-state index < -0.39 is 12.0 Å². The van der Waals surface area contributed by atoms with Gasteiger partial charge < -0.3 is 10.8 Å². The normalized spacial score (nSPS) is 11.7. The third-order valence-corrected chi connectivity index (χ3v) is 0.390. The highest BCUT2D eigenvalue weighted by Crippen LogP contribution is 1.68. The predicted molar refractivity (Wildman–Crippen MR) is 31.7 cm³/mol. The molecule has 7 heavy (non-hydrogen) atoms. The minimum atomic E-state index is -0.963. The molecule has 0 heterocycles. The minimum Gasteiger partial charge on any atom is -0.480 e. The van der Waals surface area contributed by atoms with E-state index in [1.54, 1.807) is 0 Å². The van der Waals surface area contributed by atoms with Gasteiger partial charge in [0.2, 0.25) is 0 Å². The Bertz CT molecular complexity index is 64.0. The van der Waals surface area contributed by atoms with Crippen LogP contribution in [0.25, 0.3) is 0 Å². The van der Waals surface area contributed by atoms with E-state index in [-0.39, 0.29) is 13.5 Å². The molecule has 0 saturated heterocycles. The molecular formula is C3H9NO2S. The quantitative estimate of drug-likeness (QED) is 0.495. The number of rotatable bonds is 1. The molecule has 0 bridgehead atoms. The molecule has 0 spiro atoms. The molecule has 0 amide bonds. The van der Waals surface area contributed by atoms with E-state index in [1.165, 1.54) is 6.92 Å². The van der Waals surface area contributed by atoms with Crippen LogP contribution in [0.15, 0.2) is 0 Å². The van der Waals surface area contributed by atoms with Crippen LogP contribution in [0, 0.1) is 0 Å². The van der Waals surface area contributed by atoms with Gasteiger partial charge in [0.1, 0.15) is 6.04 Å². The van der Waals surface area contributed by atoms with Crippen LogP contribution >= 0.6 is 13.5 Å². The van der Waals surface area contributed by atoms with Gasteiger partial charge in [0, 0.05) is 0 Å². The lowest BCUT2D eigenvalue weighted by Gasteiger charge is -1.90. The molecule has 1 atom stereocenters. The van der Waals surface area contributed by atoms with Crippen LogP contribution < -0.4 is 5.73 Å². The first kappa shape index (κ1) is 9.91. The zero-order valence-electron chi connectivity index (χ0n) is 4.01. The van der Waals surface area contributed by atoms with Crippen molar-refractivity contribution in [1.29, 1.82) is 0 Å². The van der Waals surface area contributed by atoms with Gasteiger partial charge in [0.05, 0.1) is 0 Å². The number of nitrogens with two attached hydrogens (primary N) is 1. The predicted octanol–water partition coefficient (Wildman–Crippen LogP) is -0.469. The van der Waals surface area contributed by atoms with E-state index in [0.29, 0.717) is 0 Å². The Balaban J connectivity index is 0. The standard InChI is InChI=1S/C3H7NO2.H2S/c1-2(4)3(5)6;/h2H,4H2,1H3,(H,5,6);1H2/t2-;/m0./s1. The Kier molecular flexibility index (Phi) is 5.60. The second-order valence-electron chi connectivity index (χ2n) is 1.13. The first-order valence-corrected chi connectivity index (χ1v) is 1.63. The average Bonchev–Trinajstić information content (AvgIpc) is 1.36. The molecule has 0 aromatic heterocycles. The van der Waals surface area contributed by atoms with Gasteiger partial charge in [-0.2, -0.15) is 13.5 Å². The molecule has 4 heteroatoms. The Hall–Kier alpha value is -0.220. The van der Waals surface area contributed by atoms with Crippen LogP contribution in [0.5, 0.6) is 0 Å². The van der Waals surface area contributed by atoms with E-state index in [2.05, 4.69) is 0 Å². The topological polar surface area (TPSA) is 63.3 Å². The summed E-state index contributed by atoms with van der Waals surface area (Å²) in [6.07, 6.45) is 0. The smallest absolute Gasteiger partial charge is 0.320 e. The lowest BCUT2D eigenvalue weighted by atomic mass is 10.4.